The van der Waals surface area contributed by atoms with E-state index < -0.39 is 29.4 Å². The molecule has 0 aliphatic rings. The number of esters is 1. The summed E-state index contributed by atoms with van der Waals surface area (Å²) in [5.74, 6) is -1.65. The number of nitro groups is 1. The van der Waals surface area contributed by atoms with Crippen LogP contribution in [0.1, 0.15) is 21.5 Å². The van der Waals surface area contributed by atoms with E-state index >= 15 is 0 Å². The number of imide groups is 1. The van der Waals surface area contributed by atoms with Crippen LogP contribution in [0.2, 0.25) is 0 Å². The molecule has 0 saturated heterocycles. The zero-order valence-electron chi connectivity index (χ0n) is 14.6. The summed E-state index contributed by atoms with van der Waals surface area (Å²) in [5.41, 5.74) is 2.30. The van der Waals surface area contributed by atoms with Crippen molar-refractivity contribution >= 4 is 29.3 Å². The highest BCUT2D eigenvalue weighted by Gasteiger charge is 2.14. The lowest BCUT2D eigenvalue weighted by Gasteiger charge is -2.10. The quantitative estimate of drug-likeness (QED) is 0.472. The molecule has 0 aliphatic heterocycles. The molecule has 27 heavy (non-hydrogen) atoms. The molecule has 9 heteroatoms. The van der Waals surface area contributed by atoms with E-state index in [0.717, 1.165) is 23.3 Å². The van der Waals surface area contributed by atoms with Crippen LogP contribution >= 0.6 is 0 Å². The van der Waals surface area contributed by atoms with Gasteiger partial charge in [-0.3, -0.25) is 20.2 Å². The van der Waals surface area contributed by atoms with Crippen molar-refractivity contribution in [1.82, 2.24) is 5.32 Å². The normalized spacial score (nSPS) is 10.0. The number of hydrogen-bond acceptors (Lipinski definition) is 6. The second kappa shape index (κ2) is 8.56. The molecule has 140 valence electrons. The Hall–Kier alpha value is -3.75. The van der Waals surface area contributed by atoms with Crippen LogP contribution in [0.15, 0.2) is 42.5 Å². The number of nitro benzene ring substituents is 1. The standard InChI is InChI=1S/C18H17N3O6/c1-11-3-8-15(12(2)9-11)19-18(24)20-16(22)10-27-17(23)13-4-6-14(7-5-13)21(25)26/h3-9H,10H2,1-2H3,(H2,19,20,22,24). The number of amides is 3. The summed E-state index contributed by atoms with van der Waals surface area (Å²) in [6.45, 7) is 3.06. The molecule has 3 amide bonds. The Kier molecular flexibility index (Phi) is 6.21. The number of aryl methyl sites for hydroxylation is 2. The molecule has 0 unspecified atom stereocenters. The van der Waals surface area contributed by atoms with Crippen molar-refractivity contribution in [3.8, 4) is 0 Å². The maximum Gasteiger partial charge on any atom is 0.338 e. The van der Waals surface area contributed by atoms with E-state index in [4.69, 9.17) is 4.74 Å². The number of carbonyl (C=O) groups excluding carboxylic acids is 3. The van der Waals surface area contributed by atoms with Crippen LogP contribution in [0.4, 0.5) is 16.2 Å². The van der Waals surface area contributed by atoms with Crippen LogP contribution in [0.25, 0.3) is 0 Å². The van der Waals surface area contributed by atoms with Crippen LogP contribution in [0.5, 0.6) is 0 Å². The molecule has 0 heterocycles. The van der Waals surface area contributed by atoms with Gasteiger partial charge in [-0.05, 0) is 37.6 Å². The third kappa shape index (κ3) is 5.63. The van der Waals surface area contributed by atoms with Crippen molar-refractivity contribution in [1.29, 1.82) is 0 Å². The summed E-state index contributed by atoms with van der Waals surface area (Å²) < 4.78 is 4.78. The topological polar surface area (TPSA) is 128 Å². The Balaban J connectivity index is 1.83. The van der Waals surface area contributed by atoms with E-state index in [-0.39, 0.29) is 11.3 Å². The van der Waals surface area contributed by atoms with Crippen molar-refractivity contribution in [2.24, 2.45) is 0 Å². The van der Waals surface area contributed by atoms with E-state index in [1.165, 1.54) is 12.1 Å². The SMILES string of the molecule is Cc1ccc(NC(=O)NC(=O)COC(=O)c2ccc([N+](=O)[O-])cc2)c(C)c1. The number of carbonyl (C=O) groups is 3. The van der Waals surface area contributed by atoms with E-state index in [0.29, 0.717) is 5.69 Å². The zero-order chi connectivity index (χ0) is 20.0. The van der Waals surface area contributed by atoms with Gasteiger partial charge in [0.05, 0.1) is 10.5 Å². The monoisotopic (exact) mass is 371 g/mol. The minimum absolute atomic E-state index is 0.0492. The minimum atomic E-state index is -0.838. The maximum absolute atomic E-state index is 11.8. The number of anilines is 1. The fourth-order valence-electron chi connectivity index (χ4n) is 2.20. The average molecular weight is 371 g/mol. The molecule has 0 spiro atoms. The first-order valence-corrected chi connectivity index (χ1v) is 7.86. The highest BCUT2D eigenvalue weighted by Crippen LogP contribution is 2.15. The van der Waals surface area contributed by atoms with Crippen molar-refractivity contribution in [2.45, 2.75) is 13.8 Å². The molecule has 0 fully saturated rings. The van der Waals surface area contributed by atoms with Gasteiger partial charge >= 0.3 is 12.0 Å². The summed E-state index contributed by atoms with van der Waals surface area (Å²) in [4.78, 5) is 45.3. The first-order valence-electron chi connectivity index (χ1n) is 7.86. The molecule has 0 bridgehead atoms. The van der Waals surface area contributed by atoms with Gasteiger partial charge in [0.2, 0.25) is 0 Å². The minimum Gasteiger partial charge on any atom is -0.452 e. The predicted molar refractivity (Wildman–Crippen MR) is 96.5 cm³/mol. The number of hydrogen-bond donors (Lipinski definition) is 2. The lowest BCUT2D eigenvalue weighted by atomic mass is 10.1. The third-order valence-corrected chi connectivity index (χ3v) is 3.53. The molecule has 2 aromatic carbocycles. The van der Waals surface area contributed by atoms with Crippen LogP contribution in [-0.4, -0.2) is 29.4 Å². The van der Waals surface area contributed by atoms with Gasteiger partial charge in [0, 0.05) is 17.8 Å². The summed E-state index contributed by atoms with van der Waals surface area (Å²) in [7, 11) is 0. The number of non-ortho nitro benzene ring substituents is 1. The van der Waals surface area contributed by atoms with E-state index in [9.17, 15) is 24.5 Å². The Morgan fingerprint density at radius 2 is 1.74 bits per heavy atom. The number of benzene rings is 2. The molecule has 0 atom stereocenters. The fourth-order valence-corrected chi connectivity index (χ4v) is 2.20. The molecule has 9 nitrogen and oxygen atoms in total. The van der Waals surface area contributed by atoms with Gasteiger partial charge in [0.15, 0.2) is 6.61 Å². The molecule has 2 aromatic rings. The lowest BCUT2D eigenvalue weighted by molar-refractivity contribution is -0.384. The zero-order valence-corrected chi connectivity index (χ0v) is 14.6. The number of nitrogens with one attached hydrogen (secondary N) is 2. The Morgan fingerprint density at radius 1 is 1.07 bits per heavy atom. The molecule has 0 aliphatic carbocycles. The number of rotatable bonds is 5. The molecule has 0 saturated carbocycles. The highest BCUT2D eigenvalue weighted by atomic mass is 16.6. The largest absolute Gasteiger partial charge is 0.452 e. The van der Waals surface area contributed by atoms with Crippen molar-refractivity contribution < 1.29 is 24.0 Å². The lowest BCUT2D eigenvalue weighted by Crippen LogP contribution is -2.37. The smallest absolute Gasteiger partial charge is 0.338 e. The summed E-state index contributed by atoms with van der Waals surface area (Å²) in [6, 6.07) is 9.38. The van der Waals surface area contributed by atoms with Crippen LogP contribution in [0.3, 0.4) is 0 Å². The van der Waals surface area contributed by atoms with Gasteiger partial charge < -0.3 is 10.1 Å². The van der Waals surface area contributed by atoms with E-state index in [1.54, 1.807) is 6.07 Å². The molecule has 2 N–H and O–H groups in total. The van der Waals surface area contributed by atoms with Gasteiger partial charge in [-0.25, -0.2) is 9.59 Å². The fraction of sp³-hybridized carbons (Fsp3) is 0.167. The highest BCUT2D eigenvalue weighted by molar-refractivity contribution is 6.02. The Labute approximate surface area is 154 Å². The average Bonchev–Trinajstić information content (AvgIpc) is 2.62. The number of ether oxygens (including phenoxy) is 1. The molecule has 0 radical (unpaired) electrons. The van der Waals surface area contributed by atoms with Crippen LogP contribution in [0, 0.1) is 24.0 Å². The van der Waals surface area contributed by atoms with Gasteiger partial charge in [-0.2, -0.15) is 0 Å². The van der Waals surface area contributed by atoms with Crippen molar-refractivity contribution in [3.05, 3.63) is 69.3 Å². The van der Waals surface area contributed by atoms with E-state index in [2.05, 4.69) is 5.32 Å². The third-order valence-electron chi connectivity index (χ3n) is 3.53. The predicted octanol–water partition coefficient (Wildman–Crippen LogP) is 2.72. The molecular formula is C18H17N3O6. The number of nitrogens with zero attached hydrogens (tertiary/aromatic N) is 1. The van der Waals surface area contributed by atoms with Crippen molar-refractivity contribution in [3.63, 3.8) is 0 Å². The second-order valence-corrected chi connectivity index (χ2v) is 5.70. The van der Waals surface area contributed by atoms with Gasteiger partial charge in [-0.15, -0.1) is 0 Å². The van der Waals surface area contributed by atoms with Crippen molar-refractivity contribution in [2.75, 3.05) is 11.9 Å². The van der Waals surface area contributed by atoms with Gasteiger partial charge in [0.1, 0.15) is 0 Å². The summed E-state index contributed by atoms with van der Waals surface area (Å²) >= 11 is 0. The Bertz CT molecular complexity index is 892. The molecule has 0 aromatic heterocycles. The summed E-state index contributed by atoms with van der Waals surface area (Å²) in [6.07, 6.45) is 0. The first-order chi connectivity index (χ1) is 12.8. The first kappa shape index (κ1) is 19.6. The number of urea groups is 1. The maximum atomic E-state index is 11.8. The second-order valence-electron chi connectivity index (χ2n) is 5.70. The Morgan fingerprint density at radius 3 is 2.33 bits per heavy atom. The summed E-state index contributed by atoms with van der Waals surface area (Å²) in [5, 5.41) is 15.1. The van der Waals surface area contributed by atoms with E-state index in [1.807, 2.05) is 31.3 Å². The molecule has 2 rings (SSSR count). The van der Waals surface area contributed by atoms with Gasteiger partial charge in [0.25, 0.3) is 11.6 Å². The molecular weight excluding hydrogens is 354 g/mol. The van der Waals surface area contributed by atoms with Gasteiger partial charge in [-0.1, -0.05) is 17.7 Å². The van der Waals surface area contributed by atoms with Crippen LogP contribution in [-0.2, 0) is 9.53 Å². The van der Waals surface area contributed by atoms with Crippen LogP contribution < -0.4 is 10.6 Å².